The minimum Gasteiger partial charge on any atom is -0.392 e. The van der Waals surface area contributed by atoms with E-state index < -0.39 is 17.5 Å². The van der Waals surface area contributed by atoms with Crippen LogP contribution in [0.15, 0.2) is 48.7 Å². The number of hydrogen-bond acceptors (Lipinski definition) is 3. The molecule has 2 N–H and O–H groups in total. The summed E-state index contributed by atoms with van der Waals surface area (Å²) in [6.07, 6.45) is 1.31. The third-order valence-electron chi connectivity index (χ3n) is 3.72. The largest absolute Gasteiger partial charge is 0.392 e. The number of para-hydroxylation sites is 1. The SMILES string of the molecule is Cc1ccc(CO)cc1NC(=O)c1ccn(-c2c(F)cccc2F)n1. The number of benzene rings is 2. The second-order valence-electron chi connectivity index (χ2n) is 5.48. The Hall–Kier alpha value is -3.06. The van der Waals surface area contributed by atoms with E-state index in [2.05, 4.69) is 10.4 Å². The molecule has 3 aromatic rings. The average Bonchev–Trinajstić information content (AvgIpc) is 3.06. The topological polar surface area (TPSA) is 67.2 Å². The van der Waals surface area contributed by atoms with Gasteiger partial charge in [-0.1, -0.05) is 18.2 Å². The van der Waals surface area contributed by atoms with Crippen LogP contribution in [0.1, 0.15) is 21.6 Å². The highest BCUT2D eigenvalue weighted by Crippen LogP contribution is 2.19. The molecule has 2 aromatic carbocycles. The molecule has 5 nitrogen and oxygen atoms in total. The van der Waals surface area contributed by atoms with E-state index in [1.807, 2.05) is 6.92 Å². The summed E-state index contributed by atoms with van der Waals surface area (Å²) >= 11 is 0. The first-order valence-electron chi connectivity index (χ1n) is 7.51. The second kappa shape index (κ2) is 6.82. The number of amides is 1. The van der Waals surface area contributed by atoms with Crippen molar-refractivity contribution in [2.24, 2.45) is 0 Å². The number of aryl methyl sites for hydroxylation is 1. The lowest BCUT2D eigenvalue weighted by molar-refractivity contribution is 0.102. The van der Waals surface area contributed by atoms with Crippen LogP contribution in [0.3, 0.4) is 0 Å². The van der Waals surface area contributed by atoms with Crippen molar-refractivity contribution >= 4 is 11.6 Å². The van der Waals surface area contributed by atoms with E-state index >= 15 is 0 Å². The van der Waals surface area contributed by atoms with Crippen LogP contribution in [0.5, 0.6) is 0 Å². The van der Waals surface area contributed by atoms with Gasteiger partial charge in [-0.15, -0.1) is 0 Å². The minimum absolute atomic E-state index is 0.0106. The number of nitrogens with one attached hydrogen (secondary N) is 1. The highest BCUT2D eigenvalue weighted by atomic mass is 19.1. The number of anilines is 1. The Morgan fingerprint density at radius 1 is 1.20 bits per heavy atom. The van der Waals surface area contributed by atoms with Crippen LogP contribution in [0.4, 0.5) is 14.5 Å². The molecule has 0 aliphatic rings. The molecule has 3 rings (SSSR count). The average molecular weight is 343 g/mol. The molecular weight excluding hydrogens is 328 g/mol. The fourth-order valence-corrected chi connectivity index (χ4v) is 2.37. The number of aliphatic hydroxyl groups is 1. The van der Waals surface area contributed by atoms with Crippen LogP contribution in [0.2, 0.25) is 0 Å². The Labute approximate surface area is 142 Å². The molecule has 25 heavy (non-hydrogen) atoms. The van der Waals surface area contributed by atoms with Gasteiger partial charge in [0.1, 0.15) is 5.69 Å². The number of halogens is 2. The Kier molecular flexibility index (Phi) is 4.58. The smallest absolute Gasteiger partial charge is 0.276 e. The summed E-state index contributed by atoms with van der Waals surface area (Å²) in [5.41, 5.74) is 1.66. The molecule has 0 fully saturated rings. The highest BCUT2D eigenvalue weighted by Gasteiger charge is 2.16. The van der Waals surface area contributed by atoms with Crippen molar-refractivity contribution in [3.05, 3.63) is 77.1 Å². The van der Waals surface area contributed by atoms with E-state index in [4.69, 9.17) is 0 Å². The lowest BCUT2D eigenvalue weighted by atomic mass is 10.1. The molecule has 0 aliphatic heterocycles. The molecule has 128 valence electrons. The summed E-state index contributed by atoms with van der Waals surface area (Å²) < 4.78 is 28.6. The molecule has 1 amide bonds. The normalized spacial score (nSPS) is 10.7. The van der Waals surface area contributed by atoms with Gasteiger partial charge in [0.15, 0.2) is 17.3 Å². The van der Waals surface area contributed by atoms with Crippen LogP contribution >= 0.6 is 0 Å². The molecule has 0 bridgehead atoms. The van der Waals surface area contributed by atoms with Crippen LogP contribution in [0.25, 0.3) is 5.69 Å². The summed E-state index contributed by atoms with van der Waals surface area (Å²) in [4.78, 5) is 12.3. The zero-order valence-electron chi connectivity index (χ0n) is 13.3. The molecule has 0 spiro atoms. The van der Waals surface area contributed by atoms with E-state index in [1.165, 1.54) is 18.3 Å². The molecule has 0 saturated heterocycles. The van der Waals surface area contributed by atoms with E-state index in [1.54, 1.807) is 18.2 Å². The van der Waals surface area contributed by atoms with Gasteiger partial charge in [0, 0.05) is 11.9 Å². The molecule has 0 aliphatic carbocycles. The maximum atomic E-state index is 13.8. The van der Waals surface area contributed by atoms with Gasteiger partial charge >= 0.3 is 0 Å². The lowest BCUT2D eigenvalue weighted by Gasteiger charge is -2.09. The molecule has 0 unspecified atom stereocenters. The fraction of sp³-hybridized carbons (Fsp3) is 0.111. The predicted octanol–water partition coefficient (Wildman–Crippen LogP) is 3.20. The Balaban J connectivity index is 1.87. The van der Waals surface area contributed by atoms with E-state index in [0.29, 0.717) is 11.3 Å². The Bertz CT molecular complexity index is 918. The standard InChI is InChI=1S/C18H15F2N3O2/c1-11-5-6-12(10-24)9-16(11)21-18(25)15-7-8-23(22-15)17-13(19)3-2-4-14(17)20/h2-9,24H,10H2,1H3,(H,21,25). The quantitative estimate of drug-likeness (QED) is 0.764. The molecular formula is C18H15F2N3O2. The predicted molar refractivity (Wildman–Crippen MR) is 88.5 cm³/mol. The lowest BCUT2D eigenvalue weighted by Crippen LogP contribution is -2.14. The van der Waals surface area contributed by atoms with Crippen LogP contribution < -0.4 is 5.32 Å². The number of rotatable bonds is 4. The van der Waals surface area contributed by atoms with Gasteiger partial charge in [0.05, 0.1) is 6.61 Å². The first-order valence-corrected chi connectivity index (χ1v) is 7.51. The monoisotopic (exact) mass is 343 g/mol. The van der Waals surface area contributed by atoms with E-state index in [0.717, 1.165) is 22.4 Å². The summed E-state index contributed by atoms with van der Waals surface area (Å²) in [6.45, 7) is 1.66. The van der Waals surface area contributed by atoms with Crippen molar-refractivity contribution in [2.75, 3.05) is 5.32 Å². The number of aliphatic hydroxyl groups excluding tert-OH is 1. The number of hydrogen-bond donors (Lipinski definition) is 2. The van der Waals surface area contributed by atoms with Crippen molar-refractivity contribution in [1.82, 2.24) is 9.78 Å². The maximum absolute atomic E-state index is 13.8. The first kappa shape index (κ1) is 16.8. The van der Waals surface area contributed by atoms with Gasteiger partial charge < -0.3 is 10.4 Å². The number of carbonyl (C=O) groups excluding carboxylic acids is 1. The molecule has 7 heteroatoms. The maximum Gasteiger partial charge on any atom is 0.276 e. The fourth-order valence-electron chi connectivity index (χ4n) is 2.37. The van der Waals surface area contributed by atoms with E-state index in [-0.39, 0.29) is 18.0 Å². The van der Waals surface area contributed by atoms with Crippen LogP contribution in [0, 0.1) is 18.6 Å². The summed E-state index contributed by atoms with van der Waals surface area (Å²) in [7, 11) is 0. The number of carbonyl (C=O) groups is 1. The zero-order chi connectivity index (χ0) is 18.0. The first-order chi connectivity index (χ1) is 12.0. The van der Waals surface area contributed by atoms with Crippen molar-refractivity contribution < 1.29 is 18.7 Å². The van der Waals surface area contributed by atoms with Crippen molar-refractivity contribution in [1.29, 1.82) is 0 Å². The van der Waals surface area contributed by atoms with Crippen LogP contribution in [-0.2, 0) is 6.61 Å². The van der Waals surface area contributed by atoms with Crippen molar-refractivity contribution in [3.8, 4) is 5.69 Å². The molecule has 0 saturated carbocycles. The second-order valence-corrected chi connectivity index (χ2v) is 5.48. The minimum atomic E-state index is -0.776. The third-order valence-corrected chi connectivity index (χ3v) is 3.72. The summed E-state index contributed by atoms with van der Waals surface area (Å²) in [5.74, 6) is -2.07. The van der Waals surface area contributed by atoms with Crippen molar-refractivity contribution in [3.63, 3.8) is 0 Å². The third kappa shape index (κ3) is 3.41. The highest BCUT2D eigenvalue weighted by molar-refractivity contribution is 6.03. The van der Waals surface area contributed by atoms with Gasteiger partial charge in [-0.2, -0.15) is 5.10 Å². The molecule has 1 heterocycles. The Morgan fingerprint density at radius 3 is 2.60 bits per heavy atom. The molecule has 1 aromatic heterocycles. The number of aromatic nitrogens is 2. The van der Waals surface area contributed by atoms with Gasteiger partial charge in [-0.3, -0.25) is 4.79 Å². The van der Waals surface area contributed by atoms with Gasteiger partial charge in [0.2, 0.25) is 0 Å². The van der Waals surface area contributed by atoms with E-state index in [9.17, 15) is 18.7 Å². The summed E-state index contributed by atoms with van der Waals surface area (Å²) in [5, 5.41) is 15.8. The van der Waals surface area contributed by atoms with Crippen molar-refractivity contribution in [2.45, 2.75) is 13.5 Å². The zero-order valence-corrected chi connectivity index (χ0v) is 13.3. The molecule has 0 radical (unpaired) electrons. The number of nitrogens with zero attached hydrogens (tertiary/aromatic N) is 2. The van der Waals surface area contributed by atoms with Crippen LogP contribution in [-0.4, -0.2) is 20.8 Å². The van der Waals surface area contributed by atoms with Gasteiger partial charge in [-0.05, 0) is 42.3 Å². The molecule has 0 atom stereocenters. The Morgan fingerprint density at radius 2 is 1.92 bits per heavy atom. The van der Waals surface area contributed by atoms with Gasteiger partial charge in [0.25, 0.3) is 5.91 Å². The van der Waals surface area contributed by atoms with Gasteiger partial charge in [-0.25, -0.2) is 13.5 Å². The summed E-state index contributed by atoms with van der Waals surface area (Å²) in [6, 6.07) is 10.0.